The van der Waals surface area contributed by atoms with Crippen molar-refractivity contribution in [1.82, 2.24) is 4.90 Å². The summed E-state index contributed by atoms with van der Waals surface area (Å²) in [7, 11) is 0. The molecule has 2 aromatic rings. The quantitative estimate of drug-likeness (QED) is 0.784. The van der Waals surface area contributed by atoms with Crippen molar-refractivity contribution in [3.05, 3.63) is 64.4 Å². The lowest BCUT2D eigenvalue weighted by Crippen LogP contribution is -2.44. The van der Waals surface area contributed by atoms with Gasteiger partial charge in [-0.1, -0.05) is 29.8 Å². The van der Waals surface area contributed by atoms with Gasteiger partial charge >= 0.3 is 0 Å². The van der Waals surface area contributed by atoms with Crippen molar-refractivity contribution in [2.75, 3.05) is 24.5 Å². The minimum Gasteiger partial charge on any atom is -0.339 e. The van der Waals surface area contributed by atoms with Crippen LogP contribution in [-0.4, -0.2) is 36.3 Å². The number of benzene rings is 2. The molecule has 27 heavy (non-hydrogen) atoms. The van der Waals surface area contributed by atoms with E-state index in [9.17, 15) is 14.0 Å². The molecule has 0 unspecified atom stereocenters. The Kier molecular flexibility index (Phi) is 4.87. The maximum absolute atomic E-state index is 14.0. The number of carbonyl (C=O) groups is 2. The number of nitrogens with zero attached hydrogens (tertiary/aromatic N) is 2. The van der Waals surface area contributed by atoms with Crippen LogP contribution in [0.3, 0.4) is 0 Å². The molecular weight excluding hydrogens is 367 g/mol. The number of piperidine rings is 1. The summed E-state index contributed by atoms with van der Waals surface area (Å²) in [5, 5.41) is 0.331. The zero-order chi connectivity index (χ0) is 19.0. The van der Waals surface area contributed by atoms with Gasteiger partial charge < -0.3 is 9.80 Å². The normalized spacial score (nSPS) is 17.1. The lowest BCUT2D eigenvalue weighted by Gasteiger charge is -2.33. The predicted octanol–water partition coefficient (Wildman–Crippen LogP) is 3.92. The number of carbonyl (C=O) groups excluding carboxylic acids is 2. The molecule has 4 rings (SSSR count). The smallest absolute Gasteiger partial charge is 0.256 e. The van der Waals surface area contributed by atoms with Crippen molar-refractivity contribution in [1.29, 1.82) is 0 Å². The molecule has 1 fully saturated rings. The highest BCUT2D eigenvalue weighted by atomic mass is 35.5. The average molecular weight is 387 g/mol. The molecule has 0 spiro atoms. The number of halogens is 2. The first-order chi connectivity index (χ1) is 13.0. The number of hydrogen-bond acceptors (Lipinski definition) is 2. The third-order valence-electron chi connectivity index (χ3n) is 5.44. The van der Waals surface area contributed by atoms with E-state index in [1.165, 1.54) is 23.8 Å². The first kappa shape index (κ1) is 18.0. The van der Waals surface area contributed by atoms with Gasteiger partial charge in [0, 0.05) is 36.3 Å². The monoisotopic (exact) mass is 386 g/mol. The fourth-order valence-corrected chi connectivity index (χ4v) is 4.12. The van der Waals surface area contributed by atoms with Crippen LogP contribution < -0.4 is 4.90 Å². The minimum absolute atomic E-state index is 0.0132. The van der Waals surface area contributed by atoms with E-state index in [0.29, 0.717) is 37.5 Å². The van der Waals surface area contributed by atoms with Gasteiger partial charge in [0.15, 0.2) is 0 Å². The van der Waals surface area contributed by atoms with E-state index < -0.39 is 5.82 Å². The van der Waals surface area contributed by atoms with Crippen LogP contribution in [0.4, 0.5) is 10.1 Å². The molecule has 2 amide bonds. The maximum Gasteiger partial charge on any atom is 0.256 e. The molecule has 2 aromatic carbocycles. The number of amides is 2. The summed E-state index contributed by atoms with van der Waals surface area (Å²) in [6.07, 6.45) is 2.06. The topological polar surface area (TPSA) is 40.6 Å². The molecule has 0 atom stereocenters. The van der Waals surface area contributed by atoms with Gasteiger partial charge in [0.1, 0.15) is 5.82 Å². The van der Waals surface area contributed by atoms with Gasteiger partial charge in [-0.15, -0.1) is 0 Å². The van der Waals surface area contributed by atoms with Crippen molar-refractivity contribution >= 4 is 29.1 Å². The number of anilines is 1. The highest BCUT2D eigenvalue weighted by Gasteiger charge is 2.33. The third-order valence-corrected chi connectivity index (χ3v) is 5.68. The second-order valence-corrected chi connectivity index (χ2v) is 7.50. The number of hydrogen-bond donors (Lipinski definition) is 0. The third kappa shape index (κ3) is 3.44. The fourth-order valence-electron chi connectivity index (χ4n) is 3.95. The highest BCUT2D eigenvalue weighted by Crippen LogP contribution is 2.31. The van der Waals surface area contributed by atoms with Crippen molar-refractivity contribution in [2.24, 2.45) is 5.92 Å². The molecule has 0 aromatic heterocycles. The van der Waals surface area contributed by atoms with Crippen LogP contribution in [0.1, 0.15) is 28.8 Å². The molecule has 6 heteroatoms. The minimum atomic E-state index is -0.573. The van der Waals surface area contributed by atoms with Crippen molar-refractivity contribution in [2.45, 2.75) is 19.3 Å². The van der Waals surface area contributed by atoms with E-state index in [2.05, 4.69) is 6.07 Å². The Balaban J connectivity index is 1.41. The summed E-state index contributed by atoms with van der Waals surface area (Å²) in [5.41, 5.74) is 2.19. The summed E-state index contributed by atoms with van der Waals surface area (Å²) in [5.74, 6) is -0.922. The van der Waals surface area contributed by atoms with Crippen LogP contribution in [0.5, 0.6) is 0 Å². The van der Waals surface area contributed by atoms with Gasteiger partial charge in [0.2, 0.25) is 5.91 Å². The van der Waals surface area contributed by atoms with Crippen LogP contribution in [0, 0.1) is 11.7 Å². The lowest BCUT2D eigenvalue weighted by molar-refractivity contribution is -0.123. The Morgan fingerprint density at radius 3 is 2.56 bits per heavy atom. The number of para-hydroxylation sites is 1. The van der Waals surface area contributed by atoms with Crippen LogP contribution >= 0.6 is 11.6 Å². The van der Waals surface area contributed by atoms with Crippen molar-refractivity contribution in [3.8, 4) is 0 Å². The molecule has 0 radical (unpaired) electrons. The maximum atomic E-state index is 14.0. The molecule has 0 bridgehead atoms. The molecule has 140 valence electrons. The number of likely N-dealkylation sites (tertiary alicyclic amines) is 1. The second kappa shape index (κ2) is 7.31. The summed E-state index contributed by atoms with van der Waals surface area (Å²) in [6, 6.07) is 12.0. The van der Waals surface area contributed by atoms with E-state index in [1.807, 2.05) is 23.1 Å². The highest BCUT2D eigenvalue weighted by molar-refractivity contribution is 6.31. The standard InChI is InChI=1S/C21H20ClFN2O2/c22-16-5-6-18(23)17(13-16)21(27)24-10-7-15(8-11-24)20(26)25-12-9-14-3-1-2-4-19(14)25/h1-6,13,15H,7-12H2. The zero-order valence-electron chi connectivity index (χ0n) is 14.8. The second-order valence-electron chi connectivity index (χ2n) is 7.06. The van der Waals surface area contributed by atoms with Gasteiger partial charge in [0.25, 0.3) is 5.91 Å². The van der Waals surface area contributed by atoms with E-state index in [0.717, 1.165) is 12.1 Å². The summed E-state index contributed by atoms with van der Waals surface area (Å²) < 4.78 is 14.0. The predicted molar refractivity (Wildman–Crippen MR) is 103 cm³/mol. The Labute approximate surface area is 162 Å². The van der Waals surface area contributed by atoms with E-state index in [-0.39, 0.29) is 23.3 Å². The van der Waals surface area contributed by atoms with Crippen molar-refractivity contribution in [3.63, 3.8) is 0 Å². The van der Waals surface area contributed by atoms with E-state index >= 15 is 0 Å². The molecule has 2 aliphatic heterocycles. The molecule has 1 saturated heterocycles. The van der Waals surface area contributed by atoms with E-state index in [4.69, 9.17) is 11.6 Å². The largest absolute Gasteiger partial charge is 0.339 e. The SMILES string of the molecule is O=C(c1cc(Cl)ccc1F)N1CCC(C(=O)N2CCc3ccccc32)CC1. The van der Waals surface area contributed by atoms with Crippen LogP contribution in [0.15, 0.2) is 42.5 Å². The number of fused-ring (bicyclic) bond motifs is 1. The van der Waals surface area contributed by atoms with Crippen LogP contribution in [0.25, 0.3) is 0 Å². The summed E-state index contributed by atoms with van der Waals surface area (Å²) in [4.78, 5) is 29.0. The molecule has 2 heterocycles. The van der Waals surface area contributed by atoms with Gasteiger partial charge in [-0.25, -0.2) is 4.39 Å². The zero-order valence-corrected chi connectivity index (χ0v) is 15.6. The van der Waals surface area contributed by atoms with Gasteiger partial charge in [0.05, 0.1) is 5.56 Å². The molecule has 0 N–H and O–H groups in total. The summed E-state index contributed by atoms with van der Waals surface area (Å²) in [6.45, 7) is 1.60. The molecular formula is C21H20ClFN2O2. The molecule has 0 saturated carbocycles. The Bertz CT molecular complexity index is 894. The van der Waals surface area contributed by atoms with E-state index in [1.54, 1.807) is 4.90 Å². The fraction of sp³-hybridized carbons (Fsp3) is 0.333. The number of rotatable bonds is 2. The average Bonchev–Trinajstić information content (AvgIpc) is 3.13. The van der Waals surface area contributed by atoms with Gasteiger partial charge in [-0.3, -0.25) is 9.59 Å². The lowest BCUT2D eigenvalue weighted by atomic mass is 9.94. The Morgan fingerprint density at radius 2 is 1.78 bits per heavy atom. The van der Waals surface area contributed by atoms with Crippen molar-refractivity contribution < 1.29 is 14.0 Å². The van der Waals surface area contributed by atoms with Crippen LogP contribution in [0.2, 0.25) is 5.02 Å². The molecule has 0 aliphatic carbocycles. The van der Waals surface area contributed by atoms with Gasteiger partial charge in [-0.05, 0) is 49.1 Å². The Morgan fingerprint density at radius 1 is 1.04 bits per heavy atom. The first-order valence-electron chi connectivity index (χ1n) is 9.18. The Hall–Kier alpha value is -2.40. The van der Waals surface area contributed by atoms with Crippen LogP contribution in [-0.2, 0) is 11.2 Å². The first-order valence-corrected chi connectivity index (χ1v) is 9.56. The van der Waals surface area contributed by atoms with Gasteiger partial charge in [-0.2, -0.15) is 0 Å². The summed E-state index contributed by atoms with van der Waals surface area (Å²) >= 11 is 5.89. The molecule has 2 aliphatic rings. The molecule has 4 nitrogen and oxygen atoms in total.